The molecular weight excluding hydrogens is 470 g/mol. The van der Waals surface area contributed by atoms with E-state index in [4.69, 9.17) is 4.74 Å². The predicted octanol–water partition coefficient (Wildman–Crippen LogP) is 9.21. The zero-order valence-electron chi connectivity index (χ0n) is 20.7. The van der Waals surface area contributed by atoms with E-state index in [0.717, 1.165) is 36.6 Å². The molecular formula is C34H29NOS. The van der Waals surface area contributed by atoms with Crippen LogP contribution in [0, 0.1) is 0 Å². The molecule has 37 heavy (non-hydrogen) atoms. The molecule has 0 fully saturated rings. The second-order valence-electron chi connectivity index (χ2n) is 9.30. The number of rotatable bonds is 8. The topological polar surface area (TPSA) is 14.2 Å². The Morgan fingerprint density at radius 2 is 1.08 bits per heavy atom. The molecule has 0 bridgehead atoms. The summed E-state index contributed by atoms with van der Waals surface area (Å²) in [5, 5.41) is 2.50. The monoisotopic (exact) mass is 499 g/mol. The van der Waals surface area contributed by atoms with Gasteiger partial charge in [-0.2, -0.15) is 12.6 Å². The Morgan fingerprint density at radius 1 is 0.541 bits per heavy atom. The van der Waals surface area contributed by atoms with E-state index < -0.39 is 0 Å². The molecule has 5 aromatic carbocycles. The number of unbranched alkanes of at least 4 members (excludes halogenated alkanes) is 1. The number of hydrogen-bond donors (Lipinski definition) is 1. The Kier molecular flexibility index (Phi) is 6.70. The van der Waals surface area contributed by atoms with Crippen LogP contribution in [0.5, 0.6) is 5.75 Å². The van der Waals surface area contributed by atoms with E-state index >= 15 is 0 Å². The minimum atomic E-state index is 0.722. The quantitative estimate of drug-likeness (QED) is 0.163. The first-order chi connectivity index (χ1) is 18.3. The van der Waals surface area contributed by atoms with Crippen molar-refractivity contribution in [3.8, 4) is 33.7 Å². The Labute approximate surface area is 223 Å². The summed E-state index contributed by atoms with van der Waals surface area (Å²) < 4.78 is 8.30. The number of ether oxygens (including phenoxy) is 1. The maximum atomic E-state index is 5.94. The zero-order chi connectivity index (χ0) is 25.0. The van der Waals surface area contributed by atoms with E-state index in [2.05, 4.69) is 139 Å². The fourth-order valence-corrected chi connectivity index (χ4v) is 5.24. The molecule has 0 aliphatic carbocycles. The zero-order valence-corrected chi connectivity index (χ0v) is 21.6. The first-order valence-electron chi connectivity index (χ1n) is 12.8. The van der Waals surface area contributed by atoms with Crippen molar-refractivity contribution in [2.45, 2.75) is 12.8 Å². The van der Waals surface area contributed by atoms with Crippen LogP contribution < -0.4 is 4.74 Å². The molecule has 0 unspecified atom stereocenters. The number of hydrogen-bond acceptors (Lipinski definition) is 2. The van der Waals surface area contributed by atoms with E-state index in [1.54, 1.807) is 0 Å². The normalized spacial score (nSPS) is 11.3. The van der Waals surface area contributed by atoms with E-state index in [1.165, 1.54) is 44.1 Å². The van der Waals surface area contributed by atoms with Crippen molar-refractivity contribution in [1.82, 2.24) is 4.57 Å². The third-order valence-electron chi connectivity index (χ3n) is 6.90. The van der Waals surface area contributed by atoms with Gasteiger partial charge in [0, 0.05) is 16.5 Å². The van der Waals surface area contributed by atoms with Gasteiger partial charge in [0.1, 0.15) is 5.75 Å². The van der Waals surface area contributed by atoms with Crippen molar-refractivity contribution in [2.24, 2.45) is 0 Å². The molecule has 2 nitrogen and oxygen atoms in total. The minimum Gasteiger partial charge on any atom is -0.494 e. The van der Waals surface area contributed by atoms with Crippen molar-refractivity contribution in [3.63, 3.8) is 0 Å². The average Bonchev–Trinajstić information content (AvgIpc) is 3.29. The molecule has 0 aliphatic rings. The lowest BCUT2D eigenvalue weighted by Gasteiger charge is -2.11. The lowest BCUT2D eigenvalue weighted by Crippen LogP contribution is -1.98. The lowest BCUT2D eigenvalue weighted by molar-refractivity contribution is 0.310. The van der Waals surface area contributed by atoms with Crippen molar-refractivity contribution < 1.29 is 4.74 Å². The highest BCUT2D eigenvalue weighted by Crippen LogP contribution is 2.37. The summed E-state index contributed by atoms with van der Waals surface area (Å²) in [6.45, 7) is 0.722. The van der Waals surface area contributed by atoms with Crippen LogP contribution in [0.15, 0.2) is 121 Å². The SMILES string of the molecule is SCCCCOc1ccc(-n2c3ccc(-c4ccccc4)cc3c3cc(-c4ccccc4)ccc32)cc1. The Bertz CT molecular complexity index is 1540. The summed E-state index contributed by atoms with van der Waals surface area (Å²) in [5.41, 5.74) is 8.42. The van der Waals surface area contributed by atoms with Crippen LogP contribution in [0.3, 0.4) is 0 Å². The van der Waals surface area contributed by atoms with Crippen LogP contribution in [0.2, 0.25) is 0 Å². The summed E-state index contributed by atoms with van der Waals surface area (Å²) in [7, 11) is 0. The fourth-order valence-electron chi connectivity index (χ4n) is 5.02. The Morgan fingerprint density at radius 3 is 1.59 bits per heavy atom. The van der Waals surface area contributed by atoms with E-state index in [1.807, 2.05) is 0 Å². The van der Waals surface area contributed by atoms with Crippen LogP contribution in [0.25, 0.3) is 49.7 Å². The van der Waals surface area contributed by atoms with Gasteiger partial charge in [0.2, 0.25) is 0 Å². The third kappa shape index (κ3) is 4.75. The number of nitrogens with zero attached hydrogens (tertiary/aromatic N) is 1. The fraction of sp³-hybridized carbons (Fsp3) is 0.118. The summed E-state index contributed by atoms with van der Waals surface area (Å²) in [6, 6.07) is 43.3. The first-order valence-corrected chi connectivity index (χ1v) is 13.5. The number of aromatic nitrogens is 1. The third-order valence-corrected chi connectivity index (χ3v) is 7.21. The molecule has 0 radical (unpaired) electrons. The van der Waals surface area contributed by atoms with Gasteiger partial charge in [0.25, 0.3) is 0 Å². The van der Waals surface area contributed by atoms with Crippen molar-refractivity contribution in [2.75, 3.05) is 12.4 Å². The maximum absolute atomic E-state index is 5.94. The summed E-state index contributed by atoms with van der Waals surface area (Å²) in [4.78, 5) is 0. The van der Waals surface area contributed by atoms with Gasteiger partial charge in [0.15, 0.2) is 0 Å². The summed E-state index contributed by atoms with van der Waals surface area (Å²) >= 11 is 4.28. The predicted molar refractivity (Wildman–Crippen MR) is 160 cm³/mol. The number of thiol groups is 1. The summed E-state index contributed by atoms with van der Waals surface area (Å²) in [5.74, 6) is 1.80. The van der Waals surface area contributed by atoms with E-state index in [-0.39, 0.29) is 0 Å². The molecule has 182 valence electrons. The van der Waals surface area contributed by atoms with Crippen LogP contribution in [-0.4, -0.2) is 16.9 Å². The van der Waals surface area contributed by atoms with E-state index in [0.29, 0.717) is 0 Å². The van der Waals surface area contributed by atoms with Crippen LogP contribution in [0.4, 0.5) is 0 Å². The highest BCUT2D eigenvalue weighted by Gasteiger charge is 2.14. The molecule has 0 spiro atoms. The van der Waals surface area contributed by atoms with Gasteiger partial charge in [-0.1, -0.05) is 72.8 Å². The standard InChI is InChI=1S/C34H29NOS/c37-22-8-7-21-36-30-17-15-29(16-18-30)35-33-19-13-27(25-9-3-1-4-10-25)23-31(33)32-24-28(14-20-34(32)35)26-11-5-2-6-12-26/h1-6,9-20,23-24,37H,7-8,21-22H2. The van der Waals surface area contributed by atoms with Crippen LogP contribution >= 0.6 is 12.6 Å². The van der Waals surface area contributed by atoms with Gasteiger partial charge >= 0.3 is 0 Å². The van der Waals surface area contributed by atoms with Crippen molar-refractivity contribution in [3.05, 3.63) is 121 Å². The molecule has 0 aliphatic heterocycles. The second kappa shape index (κ2) is 10.6. The molecule has 0 amide bonds. The largest absolute Gasteiger partial charge is 0.494 e. The summed E-state index contributed by atoms with van der Waals surface area (Å²) in [6.07, 6.45) is 2.09. The Balaban J connectivity index is 1.49. The lowest BCUT2D eigenvalue weighted by atomic mass is 10.0. The molecule has 3 heteroatoms. The molecule has 0 saturated carbocycles. The molecule has 0 N–H and O–H groups in total. The van der Waals surface area contributed by atoms with Crippen molar-refractivity contribution in [1.29, 1.82) is 0 Å². The van der Waals surface area contributed by atoms with Gasteiger partial charge in [-0.25, -0.2) is 0 Å². The van der Waals surface area contributed by atoms with Crippen molar-refractivity contribution >= 4 is 34.4 Å². The van der Waals surface area contributed by atoms with Gasteiger partial charge in [-0.3, -0.25) is 0 Å². The number of benzene rings is 5. The Hall–Kier alpha value is -3.95. The van der Waals surface area contributed by atoms with Crippen LogP contribution in [-0.2, 0) is 0 Å². The number of fused-ring (bicyclic) bond motifs is 3. The minimum absolute atomic E-state index is 0.722. The first kappa shape index (κ1) is 23.4. The second-order valence-corrected chi connectivity index (χ2v) is 9.75. The molecule has 1 heterocycles. The van der Waals surface area contributed by atoms with Gasteiger partial charge < -0.3 is 9.30 Å². The molecule has 1 aromatic heterocycles. The molecule has 0 saturated heterocycles. The smallest absolute Gasteiger partial charge is 0.119 e. The van der Waals surface area contributed by atoms with Gasteiger partial charge in [-0.05, 0) is 89.4 Å². The highest BCUT2D eigenvalue weighted by atomic mass is 32.1. The molecule has 0 atom stereocenters. The highest BCUT2D eigenvalue weighted by molar-refractivity contribution is 7.80. The van der Waals surface area contributed by atoms with Gasteiger partial charge in [-0.15, -0.1) is 0 Å². The average molecular weight is 500 g/mol. The van der Waals surface area contributed by atoms with Crippen LogP contribution in [0.1, 0.15) is 12.8 Å². The maximum Gasteiger partial charge on any atom is 0.119 e. The van der Waals surface area contributed by atoms with Gasteiger partial charge in [0.05, 0.1) is 17.6 Å². The van der Waals surface area contributed by atoms with E-state index in [9.17, 15) is 0 Å². The molecule has 6 rings (SSSR count). The molecule has 6 aromatic rings.